The summed E-state index contributed by atoms with van der Waals surface area (Å²) < 4.78 is 0. The lowest BCUT2D eigenvalue weighted by Gasteiger charge is -2.20. The van der Waals surface area contributed by atoms with E-state index in [1.165, 1.54) is 16.9 Å². The maximum absolute atomic E-state index is 12.4. The molecule has 3 nitrogen and oxygen atoms in total. The highest BCUT2D eigenvalue weighted by Crippen LogP contribution is 2.40. The molecular weight excluding hydrogens is 352 g/mol. The predicted octanol–water partition coefficient (Wildman–Crippen LogP) is 5.91. The summed E-state index contributed by atoms with van der Waals surface area (Å²) in [5, 5.41) is 13.2. The van der Waals surface area contributed by atoms with Gasteiger partial charge in [0.2, 0.25) is 5.91 Å². The zero-order valence-corrected chi connectivity index (χ0v) is 17.0. The second-order valence-electron chi connectivity index (χ2n) is 7.48. The molecule has 0 aliphatic heterocycles. The molecule has 0 radical (unpaired) electrons. The summed E-state index contributed by atoms with van der Waals surface area (Å²) in [5.74, 6) is 0.998. The third-order valence-electron chi connectivity index (χ3n) is 5.32. The summed E-state index contributed by atoms with van der Waals surface area (Å²) in [4.78, 5) is 13.6. The molecule has 0 saturated heterocycles. The van der Waals surface area contributed by atoms with E-state index in [0.717, 1.165) is 30.4 Å². The van der Waals surface area contributed by atoms with Gasteiger partial charge in [0, 0.05) is 11.0 Å². The average Bonchev–Trinajstić information content (AvgIpc) is 3.02. The smallest absolute Gasteiger partial charge is 0.249 e. The molecular formula is C23H26N2OS. The Hall–Kier alpha value is -2.38. The molecule has 0 spiro atoms. The van der Waals surface area contributed by atoms with E-state index in [2.05, 4.69) is 44.3 Å². The molecule has 4 heteroatoms. The summed E-state index contributed by atoms with van der Waals surface area (Å²) in [6, 6.07) is 10.5. The Morgan fingerprint density at radius 3 is 2.74 bits per heavy atom. The maximum atomic E-state index is 12.4. The van der Waals surface area contributed by atoms with Crippen LogP contribution in [-0.2, 0) is 17.6 Å². The van der Waals surface area contributed by atoms with Gasteiger partial charge >= 0.3 is 0 Å². The minimum Gasteiger partial charge on any atom is -0.313 e. The van der Waals surface area contributed by atoms with Gasteiger partial charge in [-0.1, -0.05) is 51.5 Å². The number of amides is 1. The molecule has 1 aliphatic carbocycles. The van der Waals surface area contributed by atoms with Crippen LogP contribution in [-0.4, -0.2) is 5.91 Å². The minimum atomic E-state index is -0.190. The van der Waals surface area contributed by atoms with Gasteiger partial charge in [0.1, 0.15) is 11.1 Å². The molecule has 27 heavy (non-hydrogen) atoms. The van der Waals surface area contributed by atoms with Crippen molar-refractivity contribution in [2.75, 3.05) is 5.32 Å². The van der Waals surface area contributed by atoms with Gasteiger partial charge in [0.05, 0.1) is 5.56 Å². The predicted molar refractivity (Wildman–Crippen MR) is 113 cm³/mol. The van der Waals surface area contributed by atoms with E-state index in [1.54, 1.807) is 17.4 Å². The van der Waals surface area contributed by atoms with Gasteiger partial charge in [-0.2, -0.15) is 5.26 Å². The van der Waals surface area contributed by atoms with Gasteiger partial charge in [-0.25, -0.2) is 0 Å². The quantitative estimate of drug-likeness (QED) is 0.658. The fraction of sp³-hybridized carbons (Fsp3) is 0.391. The molecule has 0 saturated carbocycles. The first-order chi connectivity index (χ1) is 13.0. The van der Waals surface area contributed by atoms with Crippen molar-refractivity contribution in [2.45, 2.75) is 52.4 Å². The number of nitrogens with zero attached hydrogens (tertiary/aromatic N) is 1. The molecule has 3 rings (SSSR count). The van der Waals surface area contributed by atoms with Gasteiger partial charge < -0.3 is 5.32 Å². The SMILES string of the molecule is CCC1CCc2c(sc(NC(=O)/C=C/c3ccc(C(C)C)cc3)c2C#N)C1. The highest BCUT2D eigenvalue weighted by molar-refractivity contribution is 7.16. The summed E-state index contributed by atoms with van der Waals surface area (Å²) in [7, 11) is 0. The lowest BCUT2D eigenvalue weighted by molar-refractivity contribution is -0.111. The fourth-order valence-electron chi connectivity index (χ4n) is 3.53. The van der Waals surface area contributed by atoms with Crippen LogP contribution >= 0.6 is 11.3 Å². The van der Waals surface area contributed by atoms with E-state index < -0.39 is 0 Å². The second kappa shape index (κ2) is 8.54. The second-order valence-corrected chi connectivity index (χ2v) is 8.59. The zero-order chi connectivity index (χ0) is 19.4. The van der Waals surface area contributed by atoms with Crippen molar-refractivity contribution < 1.29 is 4.79 Å². The van der Waals surface area contributed by atoms with Crippen molar-refractivity contribution in [1.29, 1.82) is 5.26 Å². The molecule has 0 bridgehead atoms. The molecule has 1 unspecified atom stereocenters. The van der Waals surface area contributed by atoms with E-state index in [9.17, 15) is 10.1 Å². The number of carbonyl (C=O) groups is 1. The first kappa shape index (κ1) is 19.4. The number of nitriles is 1. The fourth-order valence-corrected chi connectivity index (χ4v) is 4.84. The molecule has 1 N–H and O–H groups in total. The van der Waals surface area contributed by atoms with Crippen LogP contribution in [0.2, 0.25) is 0 Å². The Kier molecular flexibility index (Phi) is 6.13. The van der Waals surface area contributed by atoms with Crippen LogP contribution < -0.4 is 5.32 Å². The standard InChI is InChI=1S/C23H26N2OS/c1-4-16-7-11-19-20(14-24)23(27-21(19)13-16)25-22(26)12-8-17-5-9-18(10-6-17)15(2)3/h5-6,8-10,12,15-16H,4,7,11,13H2,1-3H3,(H,25,26)/b12-8+. The van der Waals surface area contributed by atoms with Gasteiger partial charge in [0.25, 0.3) is 0 Å². The van der Waals surface area contributed by atoms with Crippen LogP contribution in [0.5, 0.6) is 0 Å². The Morgan fingerprint density at radius 2 is 2.11 bits per heavy atom. The van der Waals surface area contributed by atoms with Crippen LogP contribution in [0, 0.1) is 17.2 Å². The van der Waals surface area contributed by atoms with E-state index in [1.807, 2.05) is 18.2 Å². The molecule has 140 valence electrons. The van der Waals surface area contributed by atoms with Gasteiger partial charge in [0.15, 0.2) is 0 Å². The molecule has 1 heterocycles. The van der Waals surface area contributed by atoms with E-state index in [0.29, 0.717) is 22.4 Å². The number of thiophene rings is 1. The van der Waals surface area contributed by atoms with E-state index >= 15 is 0 Å². The zero-order valence-electron chi connectivity index (χ0n) is 16.2. The summed E-state index contributed by atoms with van der Waals surface area (Å²) >= 11 is 1.57. The van der Waals surface area contributed by atoms with Gasteiger partial charge in [-0.15, -0.1) is 11.3 Å². The van der Waals surface area contributed by atoms with E-state index in [-0.39, 0.29) is 5.91 Å². The van der Waals surface area contributed by atoms with Crippen LogP contribution in [0.4, 0.5) is 5.00 Å². The van der Waals surface area contributed by atoms with Crippen LogP contribution in [0.1, 0.15) is 66.7 Å². The Bertz CT molecular complexity index is 884. The van der Waals surface area contributed by atoms with Crippen LogP contribution in [0.15, 0.2) is 30.3 Å². The third kappa shape index (κ3) is 4.48. The maximum Gasteiger partial charge on any atom is 0.249 e. The van der Waals surface area contributed by atoms with Crippen molar-refractivity contribution in [1.82, 2.24) is 0 Å². The number of carbonyl (C=O) groups excluding carboxylic acids is 1. The Morgan fingerprint density at radius 1 is 1.37 bits per heavy atom. The lowest BCUT2D eigenvalue weighted by atomic mass is 9.86. The largest absolute Gasteiger partial charge is 0.313 e. The number of anilines is 1. The average molecular weight is 379 g/mol. The molecule has 2 aromatic rings. The summed E-state index contributed by atoms with van der Waals surface area (Å²) in [6.45, 7) is 6.54. The number of nitrogens with one attached hydrogen (secondary N) is 1. The van der Waals surface area contributed by atoms with Crippen LogP contribution in [0.3, 0.4) is 0 Å². The molecule has 1 aromatic heterocycles. The summed E-state index contributed by atoms with van der Waals surface area (Å²) in [5.41, 5.74) is 4.08. The number of hydrogen-bond donors (Lipinski definition) is 1. The highest BCUT2D eigenvalue weighted by Gasteiger charge is 2.25. The summed E-state index contributed by atoms with van der Waals surface area (Å²) in [6.07, 6.45) is 7.62. The Balaban J connectivity index is 1.71. The van der Waals surface area contributed by atoms with Crippen molar-refractivity contribution in [2.24, 2.45) is 5.92 Å². The molecule has 0 fully saturated rings. The highest BCUT2D eigenvalue weighted by atomic mass is 32.1. The van der Waals surface area contributed by atoms with Gasteiger partial charge in [-0.05, 0) is 53.9 Å². The molecule has 1 aromatic carbocycles. The number of rotatable bonds is 5. The van der Waals surface area contributed by atoms with Gasteiger partial charge in [-0.3, -0.25) is 4.79 Å². The van der Waals surface area contributed by atoms with Crippen molar-refractivity contribution in [3.63, 3.8) is 0 Å². The first-order valence-corrected chi connectivity index (χ1v) is 10.5. The van der Waals surface area contributed by atoms with E-state index in [4.69, 9.17) is 0 Å². The third-order valence-corrected chi connectivity index (χ3v) is 6.49. The monoisotopic (exact) mass is 378 g/mol. The number of hydrogen-bond acceptors (Lipinski definition) is 3. The first-order valence-electron chi connectivity index (χ1n) is 9.65. The molecule has 1 amide bonds. The van der Waals surface area contributed by atoms with Crippen LogP contribution in [0.25, 0.3) is 6.08 Å². The van der Waals surface area contributed by atoms with Crippen molar-refractivity contribution in [3.05, 3.63) is 57.5 Å². The lowest BCUT2D eigenvalue weighted by Crippen LogP contribution is -2.12. The van der Waals surface area contributed by atoms with Crippen molar-refractivity contribution >= 4 is 28.3 Å². The Labute approximate surface area is 165 Å². The normalized spacial score (nSPS) is 16.3. The number of fused-ring (bicyclic) bond motifs is 1. The van der Waals surface area contributed by atoms with Crippen molar-refractivity contribution in [3.8, 4) is 6.07 Å². The number of benzene rings is 1. The topological polar surface area (TPSA) is 52.9 Å². The molecule has 1 atom stereocenters. The molecule has 1 aliphatic rings. The minimum absolute atomic E-state index is 0.190.